The van der Waals surface area contributed by atoms with E-state index in [-0.39, 0.29) is 23.1 Å². The number of nitrogens with zero attached hydrogens (tertiary/aromatic N) is 2. The van der Waals surface area contributed by atoms with Crippen molar-refractivity contribution >= 4 is 51.0 Å². The number of halogens is 2. The zero-order chi connectivity index (χ0) is 29.2. The number of anilines is 2. The number of para-hydroxylation sites is 1. The molecule has 0 radical (unpaired) electrons. The highest BCUT2D eigenvalue weighted by atomic mass is 35.5. The highest BCUT2D eigenvalue weighted by Crippen LogP contribution is 2.26. The van der Waals surface area contributed by atoms with Gasteiger partial charge in [-0.15, -0.1) is 0 Å². The van der Waals surface area contributed by atoms with Crippen molar-refractivity contribution in [1.82, 2.24) is 5.43 Å². The molecule has 9 nitrogen and oxygen atoms in total. The van der Waals surface area contributed by atoms with Crippen LogP contribution in [0.25, 0.3) is 0 Å². The van der Waals surface area contributed by atoms with Crippen molar-refractivity contribution in [3.8, 4) is 5.75 Å². The topological polar surface area (TPSA) is 117 Å². The van der Waals surface area contributed by atoms with Crippen molar-refractivity contribution in [2.24, 2.45) is 5.10 Å². The number of benzene rings is 4. The molecule has 2 N–H and O–H groups in total. The molecular formula is C29H24ClFN4O5S. The predicted molar refractivity (Wildman–Crippen MR) is 155 cm³/mol. The lowest BCUT2D eigenvalue weighted by molar-refractivity contribution is -0.119. The van der Waals surface area contributed by atoms with Gasteiger partial charge >= 0.3 is 0 Å². The van der Waals surface area contributed by atoms with Crippen LogP contribution in [0.4, 0.5) is 15.8 Å². The van der Waals surface area contributed by atoms with Gasteiger partial charge in [0.2, 0.25) is 0 Å². The predicted octanol–water partition coefficient (Wildman–Crippen LogP) is 4.84. The second-order valence-electron chi connectivity index (χ2n) is 8.49. The average Bonchev–Trinajstić information content (AvgIpc) is 2.96. The van der Waals surface area contributed by atoms with E-state index in [9.17, 15) is 22.4 Å². The Hall–Kier alpha value is -4.74. The molecule has 4 aromatic carbocycles. The molecule has 41 heavy (non-hydrogen) atoms. The zero-order valence-corrected chi connectivity index (χ0v) is 23.0. The number of ether oxygens (including phenoxy) is 1. The lowest BCUT2D eigenvalue weighted by Gasteiger charge is -2.24. The molecule has 0 unspecified atom stereocenters. The van der Waals surface area contributed by atoms with E-state index < -0.39 is 28.3 Å². The number of amides is 2. The number of rotatable bonds is 11. The summed E-state index contributed by atoms with van der Waals surface area (Å²) >= 11 is 5.91. The molecule has 2 amide bonds. The van der Waals surface area contributed by atoms with Crippen LogP contribution in [0.5, 0.6) is 5.75 Å². The van der Waals surface area contributed by atoms with Gasteiger partial charge in [-0.05, 0) is 72.3 Å². The number of hydrogen-bond donors (Lipinski definition) is 2. The van der Waals surface area contributed by atoms with Gasteiger partial charge < -0.3 is 10.1 Å². The first kappa shape index (κ1) is 29.2. The monoisotopic (exact) mass is 594 g/mol. The molecule has 0 fully saturated rings. The minimum absolute atomic E-state index is 0.0937. The van der Waals surface area contributed by atoms with Crippen molar-refractivity contribution in [3.63, 3.8) is 0 Å². The fourth-order valence-electron chi connectivity index (χ4n) is 3.58. The molecule has 210 valence electrons. The number of carbonyl (C=O) groups is 2. The SMILES string of the molecule is O=C(CN(c1ccccc1F)S(=O)(=O)c1ccccc1)N/N=C\c1ccc(OCC(=O)Nc2cccc(Cl)c2)cc1. The second kappa shape index (κ2) is 13.6. The van der Waals surface area contributed by atoms with E-state index in [0.717, 1.165) is 6.07 Å². The van der Waals surface area contributed by atoms with Gasteiger partial charge in [-0.1, -0.05) is 48.0 Å². The van der Waals surface area contributed by atoms with Crippen LogP contribution in [0.15, 0.2) is 113 Å². The van der Waals surface area contributed by atoms with Gasteiger partial charge in [-0.2, -0.15) is 5.10 Å². The summed E-state index contributed by atoms with van der Waals surface area (Å²) in [6, 6.07) is 25.9. The summed E-state index contributed by atoms with van der Waals surface area (Å²) in [5.41, 5.74) is 3.13. The second-order valence-corrected chi connectivity index (χ2v) is 10.8. The largest absolute Gasteiger partial charge is 0.484 e. The summed E-state index contributed by atoms with van der Waals surface area (Å²) in [5.74, 6) is -1.51. The highest BCUT2D eigenvalue weighted by molar-refractivity contribution is 7.92. The standard InChI is InChI=1S/C29H24ClFN4O5S/c30-22-7-6-8-23(17-22)33-29(37)20-40-24-15-13-21(14-16-24)18-32-34-28(36)19-35(27-12-5-4-11-26(27)31)41(38,39)25-9-2-1-3-10-25/h1-18H,19-20H2,(H,33,37)(H,34,36)/b32-18-. The van der Waals surface area contributed by atoms with Crippen LogP contribution >= 0.6 is 11.6 Å². The molecule has 0 aliphatic carbocycles. The maximum atomic E-state index is 14.5. The summed E-state index contributed by atoms with van der Waals surface area (Å²) in [6.07, 6.45) is 1.34. The molecule has 0 aromatic heterocycles. The molecule has 0 saturated carbocycles. The Kier molecular flexibility index (Phi) is 9.67. The minimum Gasteiger partial charge on any atom is -0.484 e. The first-order valence-electron chi connectivity index (χ1n) is 12.1. The van der Waals surface area contributed by atoms with E-state index in [1.54, 1.807) is 54.6 Å². The number of hydrogen-bond acceptors (Lipinski definition) is 6. The maximum Gasteiger partial charge on any atom is 0.264 e. The molecule has 12 heteroatoms. The van der Waals surface area contributed by atoms with Gasteiger partial charge in [0, 0.05) is 10.7 Å². The third-order valence-corrected chi connectivity index (χ3v) is 7.51. The lowest BCUT2D eigenvalue weighted by atomic mass is 10.2. The molecular weight excluding hydrogens is 571 g/mol. The van der Waals surface area contributed by atoms with E-state index >= 15 is 0 Å². The fraction of sp³-hybridized carbons (Fsp3) is 0.0690. The molecule has 4 rings (SSSR count). The smallest absolute Gasteiger partial charge is 0.264 e. The van der Waals surface area contributed by atoms with Gasteiger partial charge in [0.15, 0.2) is 6.61 Å². The van der Waals surface area contributed by atoms with Gasteiger partial charge in [-0.25, -0.2) is 18.2 Å². The number of hydrazone groups is 1. The van der Waals surface area contributed by atoms with Crippen LogP contribution in [-0.4, -0.2) is 39.6 Å². The summed E-state index contributed by atoms with van der Waals surface area (Å²) < 4.78 is 47.2. The highest BCUT2D eigenvalue weighted by Gasteiger charge is 2.28. The van der Waals surface area contributed by atoms with E-state index in [1.165, 1.54) is 48.7 Å². The van der Waals surface area contributed by atoms with Crippen molar-refractivity contribution in [1.29, 1.82) is 0 Å². The van der Waals surface area contributed by atoms with E-state index in [2.05, 4.69) is 15.8 Å². The average molecular weight is 595 g/mol. The molecule has 0 aliphatic heterocycles. The molecule has 4 aromatic rings. The Morgan fingerprint density at radius 3 is 2.32 bits per heavy atom. The van der Waals surface area contributed by atoms with Crippen molar-refractivity contribution in [2.45, 2.75) is 4.90 Å². The normalized spacial score (nSPS) is 11.2. The first-order chi connectivity index (χ1) is 19.7. The van der Waals surface area contributed by atoms with Crippen LogP contribution in [-0.2, 0) is 19.6 Å². The van der Waals surface area contributed by atoms with Gasteiger partial charge in [0.25, 0.3) is 21.8 Å². The zero-order valence-electron chi connectivity index (χ0n) is 21.4. The maximum absolute atomic E-state index is 14.5. The third-order valence-electron chi connectivity index (χ3n) is 5.50. The summed E-state index contributed by atoms with van der Waals surface area (Å²) in [6.45, 7) is -0.931. The molecule has 0 bridgehead atoms. The fourth-order valence-corrected chi connectivity index (χ4v) is 5.22. The Balaban J connectivity index is 1.34. The summed E-state index contributed by atoms with van der Waals surface area (Å²) in [4.78, 5) is 24.6. The molecule has 0 saturated heterocycles. The van der Waals surface area contributed by atoms with Crippen molar-refractivity contribution in [3.05, 3.63) is 120 Å². The van der Waals surface area contributed by atoms with Gasteiger partial charge in [0.05, 0.1) is 16.8 Å². The summed E-state index contributed by atoms with van der Waals surface area (Å²) in [7, 11) is -4.25. The number of sulfonamides is 1. The van der Waals surface area contributed by atoms with Crippen LogP contribution in [0.2, 0.25) is 5.02 Å². The van der Waals surface area contributed by atoms with E-state index in [1.807, 2.05) is 0 Å². The van der Waals surface area contributed by atoms with E-state index in [4.69, 9.17) is 16.3 Å². The van der Waals surface area contributed by atoms with Crippen LogP contribution in [0, 0.1) is 5.82 Å². The minimum atomic E-state index is -4.25. The van der Waals surface area contributed by atoms with E-state index in [0.29, 0.717) is 26.3 Å². The number of carbonyl (C=O) groups excluding carboxylic acids is 2. The third kappa shape index (κ3) is 8.13. The van der Waals surface area contributed by atoms with Crippen LogP contribution in [0.3, 0.4) is 0 Å². The Bertz CT molecular complexity index is 1650. The molecule has 0 atom stereocenters. The summed E-state index contributed by atoms with van der Waals surface area (Å²) in [5, 5.41) is 7.04. The Labute approximate surface area is 241 Å². The molecule has 0 aliphatic rings. The first-order valence-corrected chi connectivity index (χ1v) is 14.0. The van der Waals surface area contributed by atoms with Gasteiger partial charge in [-0.3, -0.25) is 13.9 Å². The quantitative estimate of drug-likeness (QED) is 0.190. The van der Waals surface area contributed by atoms with Crippen molar-refractivity contribution < 1.29 is 27.1 Å². The van der Waals surface area contributed by atoms with Crippen LogP contribution in [0.1, 0.15) is 5.56 Å². The molecule has 0 heterocycles. The van der Waals surface area contributed by atoms with Crippen LogP contribution < -0.4 is 19.8 Å². The Morgan fingerprint density at radius 2 is 1.61 bits per heavy atom. The van der Waals surface area contributed by atoms with Crippen molar-refractivity contribution in [2.75, 3.05) is 22.8 Å². The van der Waals surface area contributed by atoms with Gasteiger partial charge in [0.1, 0.15) is 18.1 Å². The molecule has 0 spiro atoms. The Morgan fingerprint density at radius 1 is 0.902 bits per heavy atom. The lowest BCUT2D eigenvalue weighted by Crippen LogP contribution is -2.40. The number of nitrogens with one attached hydrogen (secondary N) is 2.